The van der Waals surface area contributed by atoms with E-state index in [-0.39, 0.29) is 13.4 Å². The minimum absolute atomic E-state index is 0.0867. The predicted molar refractivity (Wildman–Crippen MR) is 142 cm³/mol. The van der Waals surface area contributed by atoms with Gasteiger partial charge in [0, 0.05) is 0 Å². The van der Waals surface area contributed by atoms with Crippen molar-refractivity contribution >= 4 is 42.8 Å². The van der Waals surface area contributed by atoms with Gasteiger partial charge in [-0.05, 0) is 0 Å². The van der Waals surface area contributed by atoms with Crippen molar-refractivity contribution in [1.29, 1.82) is 0 Å². The van der Waals surface area contributed by atoms with Gasteiger partial charge in [0.15, 0.2) is 0 Å². The Balaban J connectivity index is 1.78. The average Bonchev–Trinajstić information content (AvgIpc) is 2.87. The quantitative estimate of drug-likeness (QED) is 0.190. The van der Waals surface area contributed by atoms with E-state index in [2.05, 4.69) is 91.0 Å². The molecule has 0 N–H and O–H groups in total. The summed E-state index contributed by atoms with van der Waals surface area (Å²) in [6.07, 6.45) is 1.62. The van der Waals surface area contributed by atoms with E-state index in [1.807, 2.05) is 0 Å². The zero-order valence-electron chi connectivity index (χ0n) is 19.4. The summed E-state index contributed by atoms with van der Waals surface area (Å²) in [5.74, 6) is 0. The van der Waals surface area contributed by atoms with E-state index < -0.39 is 7.26 Å². The van der Waals surface area contributed by atoms with Crippen LogP contribution in [0, 0.1) is 0 Å². The summed E-state index contributed by atoms with van der Waals surface area (Å²) < 4.78 is 6.07. The fourth-order valence-electron chi connectivity index (χ4n) is 4.21. The van der Waals surface area contributed by atoms with Gasteiger partial charge in [-0.1, -0.05) is 0 Å². The van der Waals surface area contributed by atoms with E-state index in [1.165, 1.54) is 20.7 Å². The molecule has 0 radical (unpaired) electrons. The van der Waals surface area contributed by atoms with E-state index in [0.29, 0.717) is 19.8 Å². The van der Waals surface area contributed by atoms with E-state index in [9.17, 15) is 9.59 Å². The third-order valence-electron chi connectivity index (χ3n) is 5.99. The molecule has 0 aliphatic carbocycles. The van der Waals surface area contributed by atoms with E-state index in [0.717, 1.165) is 12.3 Å². The minimum atomic E-state index is -2.30. The first-order chi connectivity index (χ1) is 16.1. The molecule has 33 heavy (non-hydrogen) atoms. The number of nitrogens with zero attached hydrogens (tertiary/aromatic N) is 2. The van der Waals surface area contributed by atoms with Crippen molar-refractivity contribution in [1.82, 2.24) is 9.71 Å². The van der Waals surface area contributed by atoms with Crippen molar-refractivity contribution in [2.45, 2.75) is 0 Å². The monoisotopic (exact) mass is 462 g/mol. The molecule has 0 aliphatic rings. The van der Waals surface area contributed by atoms with Gasteiger partial charge in [-0.15, -0.1) is 0 Å². The molecule has 0 heterocycles. The van der Waals surface area contributed by atoms with Crippen LogP contribution in [-0.2, 0) is 9.53 Å². The normalized spacial score (nSPS) is 11.5. The van der Waals surface area contributed by atoms with Crippen LogP contribution in [0.25, 0.3) is 0 Å². The van der Waals surface area contributed by atoms with Crippen LogP contribution < -0.4 is 15.9 Å². The molecule has 0 aliphatic heterocycles. The Hall–Kier alpha value is -2.95. The topological polar surface area (TPSA) is 49.9 Å². The number of hydrogen-bond acceptors (Lipinski definition) is 3. The van der Waals surface area contributed by atoms with Gasteiger partial charge in [-0.25, -0.2) is 0 Å². The van der Waals surface area contributed by atoms with Crippen molar-refractivity contribution < 1.29 is 14.3 Å². The van der Waals surface area contributed by atoms with E-state index in [1.54, 1.807) is 19.0 Å². The number of hydrogen-bond donors (Lipinski definition) is 0. The summed E-state index contributed by atoms with van der Waals surface area (Å²) in [6.45, 7) is 1.51. The third kappa shape index (κ3) is 6.10. The summed E-state index contributed by atoms with van der Waals surface area (Å²) in [4.78, 5) is 25.9. The Kier molecular flexibility index (Phi) is 9.23. The molecule has 0 aromatic heterocycles. The summed E-state index contributed by atoms with van der Waals surface area (Å²) in [5.41, 5.74) is 0. The second kappa shape index (κ2) is 12.3. The van der Waals surface area contributed by atoms with E-state index in [4.69, 9.17) is 4.74 Å². The van der Waals surface area contributed by atoms with Crippen LogP contribution in [0.5, 0.6) is 0 Å². The van der Waals surface area contributed by atoms with Crippen molar-refractivity contribution in [3.8, 4) is 0 Å². The van der Waals surface area contributed by atoms with Crippen molar-refractivity contribution in [2.24, 2.45) is 0 Å². The first kappa shape index (κ1) is 24.7. The second-order valence-corrected chi connectivity index (χ2v) is 12.2. The molecular weight excluding hydrogens is 430 g/mol. The average molecular weight is 462 g/mol. The van der Waals surface area contributed by atoms with Gasteiger partial charge >= 0.3 is 198 Å². The number of urea groups is 1. The van der Waals surface area contributed by atoms with Gasteiger partial charge in [0.1, 0.15) is 0 Å². The van der Waals surface area contributed by atoms with Gasteiger partial charge < -0.3 is 0 Å². The second-order valence-electron chi connectivity index (χ2n) is 8.12. The fraction of sp³-hybridized carbons (Fsp3) is 0.231. The zero-order chi connectivity index (χ0) is 23.5. The summed E-state index contributed by atoms with van der Waals surface area (Å²) in [6, 6.07) is 32.1. The molecule has 2 amide bonds. The molecule has 0 saturated heterocycles. The molecule has 172 valence electrons. The van der Waals surface area contributed by atoms with Crippen molar-refractivity contribution in [2.75, 3.05) is 40.0 Å². The molecule has 7 heteroatoms. The van der Waals surface area contributed by atoms with Crippen molar-refractivity contribution in [3.63, 3.8) is 0 Å². The predicted octanol–water partition coefficient (Wildman–Crippen LogP) is 2.25. The summed E-state index contributed by atoms with van der Waals surface area (Å²) in [7, 11) is 1.13. The van der Waals surface area contributed by atoms with Gasteiger partial charge in [-0.3, -0.25) is 0 Å². The van der Waals surface area contributed by atoms with Crippen molar-refractivity contribution in [3.05, 3.63) is 91.0 Å². The number of ether oxygens (including phenoxy) is 1. The molecule has 3 aromatic carbocycles. The molecule has 0 saturated carbocycles. The number of carbonyl (C=O) groups excluding carboxylic acids is 2. The maximum absolute atomic E-state index is 12.3. The number of amides is 2. The first-order valence-corrected chi connectivity index (χ1v) is 13.4. The molecule has 0 unspecified atom stereocenters. The molecule has 5 nitrogen and oxygen atoms in total. The Morgan fingerprint density at radius 1 is 0.818 bits per heavy atom. The first-order valence-electron chi connectivity index (χ1n) is 11.2. The molecule has 0 fully saturated rings. The standard InChI is InChI=1S/C26H32BN2O3P/c1-28(26(31)29(2)27-22-30)18-19-32-20-21-33(23-12-6-3-7-13-23,24-14-8-4-9-15-24)25-16-10-5-11-17-25/h3-17,22,27,33H,18-21H2,1-2H3. The van der Waals surface area contributed by atoms with Crippen LogP contribution in [0.3, 0.4) is 0 Å². The van der Waals surface area contributed by atoms with Gasteiger partial charge in [0.2, 0.25) is 0 Å². The Labute approximate surface area is 198 Å². The van der Waals surface area contributed by atoms with Crippen LogP contribution in [0.15, 0.2) is 91.0 Å². The molecule has 3 rings (SSSR count). The van der Waals surface area contributed by atoms with Gasteiger partial charge in [-0.2, -0.15) is 0 Å². The SMILES string of the molecule is CN(BC=O)C(=O)N(C)CCOCC[PH](c1ccccc1)(c1ccccc1)c1ccccc1. The Morgan fingerprint density at radius 2 is 1.27 bits per heavy atom. The fourth-order valence-corrected chi connectivity index (χ4v) is 8.81. The van der Waals surface area contributed by atoms with E-state index >= 15 is 0 Å². The number of rotatable bonds is 11. The Morgan fingerprint density at radius 3 is 1.70 bits per heavy atom. The van der Waals surface area contributed by atoms with Gasteiger partial charge in [0.05, 0.1) is 0 Å². The van der Waals surface area contributed by atoms with Crippen LogP contribution in [-0.4, -0.2) is 69.4 Å². The molecule has 3 aromatic rings. The number of carbonyl (C=O) groups is 2. The number of likely N-dealkylation sites (N-methyl/N-ethyl adjacent to an activating group) is 1. The molecule has 0 spiro atoms. The Bertz CT molecular complexity index is 909. The van der Waals surface area contributed by atoms with Crippen LogP contribution in [0.2, 0.25) is 0 Å². The van der Waals surface area contributed by atoms with Crippen LogP contribution in [0.1, 0.15) is 0 Å². The summed E-state index contributed by atoms with van der Waals surface area (Å²) in [5, 5.41) is 4.07. The maximum atomic E-state index is 12.3. The zero-order valence-corrected chi connectivity index (χ0v) is 20.4. The summed E-state index contributed by atoms with van der Waals surface area (Å²) >= 11 is 0. The molecule has 0 bridgehead atoms. The molecule has 0 atom stereocenters. The van der Waals surface area contributed by atoms with Crippen LogP contribution in [0.4, 0.5) is 4.79 Å². The number of benzene rings is 3. The third-order valence-corrected chi connectivity index (χ3v) is 10.9. The molecular formula is C26H32BN2O3P. The van der Waals surface area contributed by atoms with Crippen LogP contribution >= 0.6 is 7.26 Å². The van der Waals surface area contributed by atoms with Gasteiger partial charge in [0.25, 0.3) is 0 Å².